The van der Waals surface area contributed by atoms with Gasteiger partial charge in [0.15, 0.2) is 0 Å². The summed E-state index contributed by atoms with van der Waals surface area (Å²) in [5, 5.41) is 7.63. The minimum atomic E-state index is -0.364. The number of nitrogens with zero attached hydrogens (tertiary/aromatic N) is 3. The molecule has 0 amide bonds. The number of alkyl halides is 1. The molecule has 0 fully saturated rings. The Labute approximate surface area is 65.2 Å². The summed E-state index contributed by atoms with van der Waals surface area (Å²) in [4.78, 5) is 0. The molecule has 4 heteroatoms. The van der Waals surface area contributed by atoms with Gasteiger partial charge in [-0.15, -0.1) is 5.10 Å². The first kappa shape index (κ1) is 8.17. The number of hydrogen-bond acceptors (Lipinski definition) is 2. The van der Waals surface area contributed by atoms with Crippen molar-refractivity contribution in [2.24, 2.45) is 0 Å². The molecule has 0 aliphatic carbocycles. The third kappa shape index (κ3) is 2.00. The van der Waals surface area contributed by atoms with E-state index in [2.05, 4.69) is 10.3 Å². The fraction of sp³-hybridized carbons (Fsp3) is 0.714. The van der Waals surface area contributed by atoms with E-state index < -0.39 is 0 Å². The molecule has 0 atom stereocenters. The van der Waals surface area contributed by atoms with Crippen molar-refractivity contribution in [3.63, 3.8) is 0 Å². The van der Waals surface area contributed by atoms with Crippen molar-refractivity contribution in [2.45, 2.75) is 26.3 Å². The van der Waals surface area contributed by atoms with Gasteiger partial charge in [-0.25, -0.2) is 4.68 Å². The van der Waals surface area contributed by atoms with Gasteiger partial charge in [0.05, 0.1) is 12.4 Å². The van der Waals surface area contributed by atoms with Gasteiger partial charge in [-0.2, -0.15) is 0 Å². The molecule has 1 rings (SSSR count). The van der Waals surface area contributed by atoms with E-state index in [4.69, 9.17) is 0 Å². The van der Waals surface area contributed by atoms with Crippen LogP contribution in [0.25, 0.3) is 0 Å². The van der Waals surface area contributed by atoms with Crippen molar-refractivity contribution in [2.75, 3.05) is 6.67 Å². The quantitative estimate of drug-likeness (QED) is 0.663. The molecule has 0 aliphatic rings. The standard InChI is InChI=1S/C7H12FN3/c1-6(2)11-5-7(3-4-8)9-10-11/h5-6H,3-4H2,1-2H3. The van der Waals surface area contributed by atoms with Gasteiger partial charge in [0.2, 0.25) is 0 Å². The second-order valence-electron chi connectivity index (χ2n) is 2.72. The molecule has 0 spiro atoms. The van der Waals surface area contributed by atoms with Crippen LogP contribution in [-0.2, 0) is 6.42 Å². The topological polar surface area (TPSA) is 30.7 Å². The third-order valence-electron chi connectivity index (χ3n) is 1.44. The lowest BCUT2D eigenvalue weighted by Gasteiger charge is -2.00. The van der Waals surface area contributed by atoms with Crippen LogP contribution in [0.2, 0.25) is 0 Å². The monoisotopic (exact) mass is 157 g/mol. The SMILES string of the molecule is CC(C)n1cc(CCF)nn1. The number of halogens is 1. The van der Waals surface area contributed by atoms with E-state index >= 15 is 0 Å². The molecular weight excluding hydrogens is 145 g/mol. The maximum absolute atomic E-state index is 11.8. The Morgan fingerprint density at radius 2 is 2.36 bits per heavy atom. The van der Waals surface area contributed by atoms with Crippen LogP contribution in [0.3, 0.4) is 0 Å². The molecule has 0 aromatic carbocycles. The Morgan fingerprint density at radius 3 is 2.82 bits per heavy atom. The highest BCUT2D eigenvalue weighted by atomic mass is 19.1. The highest BCUT2D eigenvalue weighted by Crippen LogP contribution is 2.02. The normalized spacial score (nSPS) is 10.9. The van der Waals surface area contributed by atoms with E-state index in [1.165, 1.54) is 0 Å². The van der Waals surface area contributed by atoms with Gasteiger partial charge in [0, 0.05) is 18.7 Å². The lowest BCUT2D eigenvalue weighted by molar-refractivity contribution is 0.491. The van der Waals surface area contributed by atoms with Crippen LogP contribution in [0.15, 0.2) is 6.20 Å². The molecular formula is C7H12FN3. The summed E-state index contributed by atoms with van der Waals surface area (Å²) in [6.45, 7) is 3.65. The Balaban J connectivity index is 2.66. The van der Waals surface area contributed by atoms with Crippen molar-refractivity contribution in [1.29, 1.82) is 0 Å². The van der Waals surface area contributed by atoms with Crippen LogP contribution in [0.5, 0.6) is 0 Å². The van der Waals surface area contributed by atoms with E-state index in [-0.39, 0.29) is 6.67 Å². The van der Waals surface area contributed by atoms with Gasteiger partial charge >= 0.3 is 0 Å². The van der Waals surface area contributed by atoms with E-state index in [0.29, 0.717) is 12.5 Å². The fourth-order valence-electron chi connectivity index (χ4n) is 0.777. The number of aryl methyl sites for hydroxylation is 1. The molecule has 1 aromatic heterocycles. The van der Waals surface area contributed by atoms with Gasteiger partial charge in [-0.3, -0.25) is 4.39 Å². The molecule has 0 unspecified atom stereocenters. The van der Waals surface area contributed by atoms with Crippen molar-refractivity contribution in [3.05, 3.63) is 11.9 Å². The second-order valence-corrected chi connectivity index (χ2v) is 2.72. The van der Waals surface area contributed by atoms with Gasteiger partial charge in [0.1, 0.15) is 0 Å². The number of rotatable bonds is 3. The summed E-state index contributed by atoms with van der Waals surface area (Å²) < 4.78 is 13.5. The summed E-state index contributed by atoms with van der Waals surface area (Å²) in [6, 6.07) is 0.302. The smallest absolute Gasteiger partial charge is 0.0951 e. The van der Waals surface area contributed by atoms with Gasteiger partial charge in [-0.05, 0) is 13.8 Å². The van der Waals surface area contributed by atoms with Crippen LogP contribution in [0, 0.1) is 0 Å². The molecule has 62 valence electrons. The molecule has 0 saturated carbocycles. The predicted molar refractivity (Wildman–Crippen MR) is 40.1 cm³/mol. The summed E-state index contributed by atoms with van der Waals surface area (Å²) in [7, 11) is 0. The largest absolute Gasteiger partial charge is 0.251 e. The van der Waals surface area contributed by atoms with Crippen LogP contribution in [-0.4, -0.2) is 21.7 Å². The maximum Gasteiger partial charge on any atom is 0.0951 e. The number of aromatic nitrogens is 3. The Kier molecular flexibility index (Phi) is 2.57. The van der Waals surface area contributed by atoms with Gasteiger partial charge in [0.25, 0.3) is 0 Å². The molecule has 0 radical (unpaired) electrons. The van der Waals surface area contributed by atoms with Crippen molar-refractivity contribution < 1.29 is 4.39 Å². The Morgan fingerprint density at radius 1 is 1.64 bits per heavy atom. The zero-order valence-electron chi connectivity index (χ0n) is 6.79. The lowest BCUT2D eigenvalue weighted by Crippen LogP contribution is -2.00. The first-order valence-electron chi connectivity index (χ1n) is 3.70. The molecule has 0 saturated heterocycles. The molecule has 0 bridgehead atoms. The van der Waals surface area contributed by atoms with Crippen molar-refractivity contribution in [3.8, 4) is 0 Å². The van der Waals surface area contributed by atoms with Crippen LogP contribution < -0.4 is 0 Å². The lowest BCUT2D eigenvalue weighted by atomic mass is 10.3. The summed E-state index contributed by atoms with van der Waals surface area (Å²) in [5.41, 5.74) is 0.723. The Hall–Kier alpha value is -0.930. The van der Waals surface area contributed by atoms with Crippen LogP contribution in [0.4, 0.5) is 4.39 Å². The average Bonchev–Trinajstić information content (AvgIpc) is 2.37. The second kappa shape index (κ2) is 3.46. The van der Waals surface area contributed by atoms with Crippen molar-refractivity contribution in [1.82, 2.24) is 15.0 Å². The highest BCUT2D eigenvalue weighted by Gasteiger charge is 2.01. The summed E-state index contributed by atoms with van der Waals surface area (Å²) >= 11 is 0. The van der Waals surface area contributed by atoms with E-state index in [1.54, 1.807) is 10.9 Å². The molecule has 1 aromatic rings. The fourth-order valence-corrected chi connectivity index (χ4v) is 0.777. The van der Waals surface area contributed by atoms with Crippen LogP contribution in [0.1, 0.15) is 25.6 Å². The Bertz CT molecular complexity index is 219. The molecule has 1 heterocycles. The van der Waals surface area contributed by atoms with E-state index in [1.807, 2.05) is 13.8 Å². The highest BCUT2D eigenvalue weighted by molar-refractivity contribution is 4.92. The van der Waals surface area contributed by atoms with Crippen molar-refractivity contribution >= 4 is 0 Å². The minimum absolute atomic E-state index is 0.302. The zero-order valence-corrected chi connectivity index (χ0v) is 6.79. The first-order chi connectivity index (χ1) is 5.24. The van der Waals surface area contributed by atoms with E-state index in [0.717, 1.165) is 5.69 Å². The molecule has 0 aliphatic heterocycles. The zero-order chi connectivity index (χ0) is 8.27. The first-order valence-corrected chi connectivity index (χ1v) is 3.70. The third-order valence-corrected chi connectivity index (χ3v) is 1.44. The predicted octanol–water partition coefficient (Wildman–Crippen LogP) is 1.37. The molecule has 0 N–H and O–H groups in total. The number of hydrogen-bond donors (Lipinski definition) is 0. The van der Waals surface area contributed by atoms with Gasteiger partial charge < -0.3 is 0 Å². The summed E-state index contributed by atoms with van der Waals surface area (Å²) in [5.74, 6) is 0. The molecule has 3 nitrogen and oxygen atoms in total. The van der Waals surface area contributed by atoms with Gasteiger partial charge in [-0.1, -0.05) is 5.21 Å². The van der Waals surface area contributed by atoms with E-state index in [9.17, 15) is 4.39 Å². The van der Waals surface area contributed by atoms with Crippen LogP contribution >= 0.6 is 0 Å². The maximum atomic E-state index is 11.8. The average molecular weight is 157 g/mol. The molecule has 11 heavy (non-hydrogen) atoms. The summed E-state index contributed by atoms with van der Waals surface area (Å²) in [6.07, 6.45) is 2.15. The minimum Gasteiger partial charge on any atom is -0.251 e.